The van der Waals surface area contributed by atoms with E-state index in [4.69, 9.17) is 0 Å². The Morgan fingerprint density at radius 3 is 3.03 bits per heavy atom. The first kappa shape index (κ1) is 16.8. The second-order valence-corrected chi connectivity index (χ2v) is 8.40. The molecule has 4 aromatic heterocycles. The van der Waals surface area contributed by atoms with Crippen LogP contribution in [0.3, 0.4) is 0 Å². The molecule has 1 aliphatic heterocycles. The van der Waals surface area contributed by atoms with E-state index in [1.54, 1.807) is 29.6 Å². The molecule has 0 unspecified atom stereocenters. The number of aromatic amines is 1. The normalized spacial score (nSPS) is 18.9. The van der Waals surface area contributed by atoms with Gasteiger partial charge in [-0.15, -0.1) is 10.2 Å². The Bertz CT molecular complexity index is 1240. The first-order valence-corrected chi connectivity index (χ1v) is 10.3. The summed E-state index contributed by atoms with van der Waals surface area (Å²) in [6, 6.07) is 4.17. The number of amides is 1. The Balaban J connectivity index is 1.44. The van der Waals surface area contributed by atoms with Crippen LogP contribution < -0.4 is 0 Å². The van der Waals surface area contributed by atoms with E-state index in [0.29, 0.717) is 35.1 Å². The number of imidazole rings is 1. The van der Waals surface area contributed by atoms with Gasteiger partial charge < -0.3 is 9.88 Å². The average Bonchev–Trinajstić information content (AvgIpc) is 3.13. The molecule has 1 amide bonds. The first-order valence-electron chi connectivity index (χ1n) is 9.49. The van der Waals surface area contributed by atoms with Crippen molar-refractivity contribution >= 4 is 22.8 Å². The molecular formula is C19H16FN7OS. The molecule has 0 bridgehead atoms. The van der Waals surface area contributed by atoms with Gasteiger partial charge in [-0.3, -0.25) is 4.79 Å². The maximum absolute atomic E-state index is 14.2. The van der Waals surface area contributed by atoms with Crippen molar-refractivity contribution in [1.29, 1.82) is 0 Å². The number of halogens is 1. The van der Waals surface area contributed by atoms with Gasteiger partial charge in [0.15, 0.2) is 0 Å². The lowest BCUT2D eigenvalue weighted by atomic mass is 9.99. The quantitative estimate of drug-likeness (QED) is 0.562. The van der Waals surface area contributed by atoms with Crippen LogP contribution in [-0.2, 0) is 6.42 Å². The minimum absolute atomic E-state index is 0.189. The molecular weight excluding hydrogens is 393 g/mol. The summed E-state index contributed by atoms with van der Waals surface area (Å²) in [5.74, 6) is -0.100. The molecule has 146 valence electrons. The SMILES string of the molecule is O=C(c1nnc(C2CC2)s1)N1CCc2[nH]cnc2[C@@H]1c1cc2c(F)cccn2n1. The van der Waals surface area contributed by atoms with Crippen LogP contribution in [0.1, 0.15) is 56.7 Å². The predicted octanol–water partition coefficient (Wildman–Crippen LogP) is 2.71. The predicted molar refractivity (Wildman–Crippen MR) is 102 cm³/mol. The highest BCUT2D eigenvalue weighted by atomic mass is 32.1. The summed E-state index contributed by atoms with van der Waals surface area (Å²) < 4.78 is 15.7. The van der Waals surface area contributed by atoms with Gasteiger partial charge in [0.05, 0.1) is 17.7 Å². The largest absolute Gasteiger partial charge is 0.348 e. The second-order valence-electron chi connectivity index (χ2n) is 7.39. The van der Waals surface area contributed by atoms with Crippen LogP contribution in [0.5, 0.6) is 0 Å². The molecule has 1 saturated carbocycles. The van der Waals surface area contributed by atoms with Gasteiger partial charge in [0, 0.05) is 30.8 Å². The van der Waals surface area contributed by atoms with Crippen molar-refractivity contribution in [3.8, 4) is 0 Å². The van der Waals surface area contributed by atoms with Crippen molar-refractivity contribution in [2.45, 2.75) is 31.2 Å². The zero-order valence-corrected chi connectivity index (χ0v) is 16.1. The smallest absolute Gasteiger partial charge is 0.285 e. The standard InChI is InChI=1S/C19H16FN7OS/c20-11-2-1-6-27-14(11)8-13(25-27)16-15-12(21-9-22-15)5-7-26(16)19(28)18-24-23-17(29-18)10-3-4-10/h1-2,6,8-10,16H,3-5,7H2,(H,21,22)/t16-/m0/s1. The fourth-order valence-corrected chi connectivity index (χ4v) is 4.84. The summed E-state index contributed by atoms with van der Waals surface area (Å²) in [6.45, 7) is 0.493. The molecule has 6 rings (SSSR count). The molecule has 1 atom stereocenters. The molecule has 0 saturated heterocycles. The van der Waals surface area contributed by atoms with Crippen molar-refractivity contribution in [2.75, 3.05) is 6.54 Å². The molecule has 0 spiro atoms. The third kappa shape index (κ3) is 2.66. The van der Waals surface area contributed by atoms with Gasteiger partial charge in [-0.1, -0.05) is 11.3 Å². The van der Waals surface area contributed by atoms with E-state index < -0.39 is 6.04 Å². The first-order chi connectivity index (χ1) is 14.2. The van der Waals surface area contributed by atoms with Crippen LogP contribution in [-0.4, -0.2) is 47.1 Å². The molecule has 1 N–H and O–H groups in total. The van der Waals surface area contributed by atoms with E-state index >= 15 is 0 Å². The van der Waals surface area contributed by atoms with Crippen molar-refractivity contribution < 1.29 is 9.18 Å². The summed E-state index contributed by atoms with van der Waals surface area (Å²) in [6.07, 6.45) is 6.19. The lowest BCUT2D eigenvalue weighted by molar-refractivity contribution is 0.0685. The number of pyridine rings is 1. The van der Waals surface area contributed by atoms with Crippen LogP contribution in [0.15, 0.2) is 30.7 Å². The highest BCUT2D eigenvalue weighted by Gasteiger charge is 2.38. The average molecular weight is 409 g/mol. The van der Waals surface area contributed by atoms with Gasteiger partial charge in [-0.05, 0) is 31.0 Å². The topological polar surface area (TPSA) is 92.1 Å². The lowest BCUT2D eigenvalue weighted by Gasteiger charge is -2.33. The number of nitrogens with zero attached hydrogens (tertiary/aromatic N) is 6. The number of H-pyrrole nitrogens is 1. The molecule has 2 aliphatic rings. The maximum atomic E-state index is 14.2. The fraction of sp³-hybridized carbons (Fsp3) is 0.316. The number of nitrogens with one attached hydrogen (secondary N) is 1. The Morgan fingerprint density at radius 1 is 1.31 bits per heavy atom. The molecule has 29 heavy (non-hydrogen) atoms. The molecule has 1 fully saturated rings. The van der Waals surface area contributed by atoms with Crippen molar-refractivity contribution in [3.63, 3.8) is 0 Å². The summed E-state index contributed by atoms with van der Waals surface area (Å²) in [5, 5.41) is 14.2. The minimum Gasteiger partial charge on any atom is -0.348 e. The molecule has 1 aliphatic carbocycles. The van der Waals surface area contributed by atoms with Crippen LogP contribution in [0.4, 0.5) is 4.39 Å². The molecule has 0 radical (unpaired) electrons. The van der Waals surface area contributed by atoms with Crippen LogP contribution in [0, 0.1) is 5.82 Å². The summed E-state index contributed by atoms with van der Waals surface area (Å²) >= 11 is 1.37. The van der Waals surface area contributed by atoms with E-state index in [9.17, 15) is 9.18 Å². The zero-order chi connectivity index (χ0) is 19.5. The minimum atomic E-state index is -0.509. The van der Waals surface area contributed by atoms with Crippen molar-refractivity contribution in [2.24, 2.45) is 0 Å². The van der Waals surface area contributed by atoms with Gasteiger partial charge in [0.25, 0.3) is 5.91 Å². The number of aromatic nitrogens is 6. The number of carbonyl (C=O) groups excluding carboxylic acids is 1. The van der Waals surface area contributed by atoms with E-state index in [2.05, 4.69) is 25.3 Å². The monoisotopic (exact) mass is 409 g/mol. The molecule has 10 heteroatoms. The second kappa shape index (κ2) is 6.18. The van der Waals surface area contributed by atoms with Crippen molar-refractivity contribution in [1.82, 2.24) is 34.7 Å². The molecule has 4 aromatic rings. The van der Waals surface area contributed by atoms with Gasteiger partial charge in [-0.25, -0.2) is 13.9 Å². The Kier molecular flexibility index (Phi) is 3.58. The van der Waals surface area contributed by atoms with E-state index in [1.165, 1.54) is 21.9 Å². The summed E-state index contributed by atoms with van der Waals surface area (Å²) in [7, 11) is 0. The van der Waals surface area contributed by atoms with E-state index in [-0.39, 0.29) is 11.7 Å². The van der Waals surface area contributed by atoms with Gasteiger partial charge >= 0.3 is 0 Å². The number of carbonyl (C=O) groups is 1. The van der Waals surface area contributed by atoms with Crippen LogP contribution >= 0.6 is 11.3 Å². The number of hydrogen-bond acceptors (Lipinski definition) is 6. The molecule has 5 heterocycles. The van der Waals surface area contributed by atoms with Crippen LogP contribution in [0.2, 0.25) is 0 Å². The maximum Gasteiger partial charge on any atom is 0.285 e. The van der Waals surface area contributed by atoms with Crippen LogP contribution in [0.25, 0.3) is 5.52 Å². The van der Waals surface area contributed by atoms with Gasteiger partial charge in [-0.2, -0.15) is 5.10 Å². The summed E-state index contributed by atoms with van der Waals surface area (Å²) in [5.41, 5.74) is 2.64. The fourth-order valence-electron chi connectivity index (χ4n) is 3.87. The molecule has 0 aromatic carbocycles. The summed E-state index contributed by atoms with van der Waals surface area (Å²) in [4.78, 5) is 22.7. The van der Waals surface area contributed by atoms with Gasteiger partial charge in [0.1, 0.15) is 22.4 Å². The molecule has 8 nitrogen and oxygen atoms in total. The number of hydrogen-bond donors (Lipinski definition) is 1. The third-order valence-electron chi connectivity index (χ3n) is 5.49. The Labute approximate surface area is 168 Å². The van der Waals surface area contributed by atoms with Crippen molar-refractivity contribution in [3.05, 3.63) is 63.6 Å². The van der Waals surface area contributed by atoms with E-state index in [0.717, 1.165) is 29.2 Å². The lowest BCUT2D eigenvalue weighted by Crippen LogP contribution is -2.41. The highest BCUT2D eigenvalue weighted by Crippen LogP contribution is 2.42. The Morgan fingerprint density at radius 2 is 2.21 bits per heavy atom. The zero-order valence-electron chi connectivity index (χ0n) is 15.2. The van der Waals surface area contributed by atoms with Gasteiger partial charge in [0.2, 0.25) is 5.01 Å². The number of rotatable bonds is 3. The van der Waals surface area contributed by atoms with E-state index in [1.807, 2.05) is 0 Å². The Hall–Kier alpha value is -3.14. The highest BCUT2D eigenvalue weighted by molar-refractivity contribution is 7.13. The third-order valence-corrected chi connectivity index (χ3v) is 6.56. The number of fused-ring (bicyclic) bond motifs is 2.